The largest absolute Gasteiger partial charge is 0.493 e. The summed E-state index contributed by atoms with van der Waals surface area (Å²) in [6.45, 7) is 4.32. The summed E-state index contributed by atoms with van der Waals surface area (Å²) in [6.07, 6.45) is 1.87. The second-order valence-electron chi connectivity index (χ2n) is 6.81. The molecule has 1 aliphatic heterocycles. The van der Waals surface area contributed by atoms with Crippen LogP contribution in [0.15, 0.2) is 12.1 Å². The van der Waals surface area contributed by atoms with E-state index in [1.54, 1.807) is 19.2 Å². The van der Waals surface area contributed by atoms with Crippen LogP contribution in [0, 0.1) is 5.41 Å². The molecule has 1 heterocycles. The van der Waals surface area contributed by atoms with E-state index in [1.165, 1.54) is 21.1 Å². The van der Waals surface area contributed by atoms with Gasteiger partial charge < -0.3 is 30.2 Å². The summed E-state index contributed by atoms with van der Waals surface area (Å²) >= 11 is 0. The van der Waals surface area contributed by atoms with Crippen LogP contribution in [-0.2, 0) is 9.53 Å². The van der Waals surface area contributed by atoms with Crippen LogP contribution >= 0.6 is 0 Å². The van der Waals surface area contributed by atoms with Crippen LogP contribution in [0.4, 0.5) is 5.69 Å². The molecule has 1 saturated heterocycles. The molecule has 0 aliphatic carbocycles. The van der Waals surface area contributed by atoms with Gasteiger partial charge in [0.1, 0.15) is 0 Å². The number of carbonyl (C=O) groups is 2. The van der Waals surface area contributed by atoms with Crippen molar-refractivity contribution in [1.82, 2.24) is 10.6 Å². The lowest BCUT2D eigenvalue weighted by molar-refractivity contribution is -0.114. The van der Waals surface area contributed by atoms with Gasteiger partial charge in [-0.15, -0.1) is 0 Å². The lowest BCUT2D eigenvalue weighted by Crippen LogP contribution is -2.47. The highest BCUT2D eigenvalue weighted by molar-refractivity contribution is 5.99. The molecular weight excluding hydrogens is 350 g/mol. The zero-order valence-electron chi connectivity index (χ0n) is 16.4. The maximum absolute atomic E-state index is 12.8. The number of hydrogen-bond acceptors (Lipinski definition) is 6. The number of rotatable bonds is 8. The number of carbonyl (C=O) groups excluding carboxylic acids is 2. The van der Waals surface area contributed by atoms with Crippen molar-refractivity contribution in [3.8, 4) is 11.5 Å². The number of amides is 2. The normalized spacial score (nSPS) is 15.7. The molecule has 0 unspecified atom stereocenters. The van der Waals surface area contributed by atoms with Crippen LogP contribution in [0.1, 0.15) is 30.1 Å². The van der Waals surface area contributed by atoms with E-state index in [1.807, 2.05) is 0 Å². The molecule has 0 spiro atoms. The van der Waals surface area contributed by atoms with Crippen molar-refractivity contribution in [3.05, 3.63) is 17.7 Å². The summed E-state index contributed by atoms with van der Waals surface area (Å²) in [5.41, 5.74) is 0.702. The Morgan fingerprint density at radius 2 is 1.85 bits per heavy atom. The van der Waals surface area contributed by atoms with Crippen molar-refractivity contribution in [2.75, 3.05) is 52.9 Å². The first-order chi connectivity index (χ1) is 12.9. The highest BCUT2D eigenvalue weighted by atomic mass is 16.5. The van der Waals surface area contributed by atoms with Gasteiger partial charge in [-0.05, 0) is 38.1 Å². The van der Waals surface area contributed by atoms with Crippen molar-refractivity contribution >= 4 is 17.5 Å². The number of nitrogens with one attached hydrogen (secondary N) is 3. The minimum atomic E-state index is -0.262. The number of ether oxygens (including phenoxy) is 3. The summed E-state index contributed by atoms with van der Waals surface area (Å²) in [7, 11) is 4.65. The van der Waals surface area contributed by atoms with Crippen LogP contribution in [0.2, 0.25) is 0 Å². The van der Waals surface area contributed by atoms with Gasteiger partial charge in [0.25, 0.3) is 5.91 Å². The topological polar surface area (TPSA) is 97.9 Å². The summed E-state index contributed by atoms with van der Waals surface area (Å²) in [4.78, 5) is 24.2. The third-order valence-electron chi connectivity index (χ3n) is 4.79. The van der Waals surface area contributed by atoms with Gasteiger partial charge in [0.05, 0.1) is 26.5 Å². The molecular formula is C19H29N3O5. The molecule has 1 aromatic rings. The summed E-state index contributed by atoms with van der Waals surface area (Å²) < 4.78 is 16.0. The van der Waals surface area contributed by atoms with Crippen LogP contribution in [0.25, 0.3) is 0 Å². The molecule has 150 valence electrons. The average molecular weight is 379 g/mol. The van der Waals surface area contributed by atoms with Gasteiger partial charge in [0.15, 0.2) is 11.5 Å². The molecule has 0 saturated carbocycles. The summed E-state index contributed by atoms with van der Waals surface area (Å²) in [5, 5.41) is 9.01. The van der Waals surface area contributed by atoms with Crippen LogP contribution in [0.5, 0.6) is 11.5 Å². The van der Waals surface area contributed by atoms with Crippen molar-refractivity contribution < 1.29 is 23.8 Å². The van der Waals surface area contributed by atoms with Gasteiger partial charge in [-0.3, -0.25) is 9.59 Å². The van der Waals surface area contributed by atoms with E-state index in [0.717, 1.165) is 25.9 Å². The molecule has 8 nitrogen and oxygen atoms in total. The monoisotopic (exact) mass is 379 g/mol. The van der Waals surface area contributed by atoms with Crippen LogP contribution < -0.4 is 25.4 Å². The lowest BCUT2D eigenvalue weighted by Gasteiger charge is -2.37. The van der Waals surface area contributed by atoms with E-state index in [2.05, 4.69) is 16.0 Å². The van der Waals surface area contributed by atoms with Gasteiger partial charge in [-0.2, -0.15) is 0 Å². The Hall–Kier alpha value is -2.32. The maximum atomic E-state index is 12.8. The fourth-order valence-electron chi connectivity index (χ4n) is 3.38. The quantitative estimate of drug-likeness (QED) is 0.632. The Labute approximate surface area is 159 Å². The Morgan fingerprint density at radius 3 is 2.41 bits per heavy atom. The molecule has 8 heteroatoms. The Balaban J connectivity index is 2.20. The molecule has 27 heavy (non-hydrogen) atoms. The molecule has 1 fully saturated rings. The highest BCUT2D eigenvalue weighted by Gasteiger charge is 2.32. The van der Waals surface area contributed by atoms with E-state index in [9.17, 15) is 9.59 Å². The second kappa shape index (κ2) is 9.57. The van der Waals surface area contributed by atoms with E-state index < -0.39 is 0 Å². The van der Waals surface area contributed by atoms with Crippen LogP contribution in [-0.4, -0.2) is 59.4 Å². The summed E-state index contributed by atoms with van der Waals surface area (Å²) in [5.74, 6) is 0.249. The minimum absolute atomic E-state index is 0.0767. The molecule has 0 atom stereocenters. The fourth-order valence-corrected chi connectivity index (χ4v) is 3.38. The predicted molar refractivity (Wildman–Crippen MR) is 103 cm³/mol. The van der Waals surface area contributed by atoms with Gasteiger partial charge >= 0.3 is 0 Å². The number of benzene rings is 1. The Bertz CT molecular complexity index is 666. The first kappa shape index (κ1) is 21.0. The van der Waals surface area contributed by atoms with E-state index >= 15 is 0 Å². The second-order valence-corrected chi connectivity index (χ2v) is 6.81. The van der Waals surface area contributed by atoms with Crippen LogP contribution in [0.3, 0.4) is 0 Å². The maximum Gasteiger partial charge on any atom is 0.251 e. The first-order valence-corrected chi connectivity index (χ1v) is 8.96. The SMILES string of the molecule is COCC1(CNC(=O)c2cc(NC(C)=O)c(OC)c(OC)c2)CCNCC1. The molecule has 3 N–H and O–H groups in total. The van der Waals surface area contributed by atoms with E-state index in [-0.39, 0.29) is 17.2 Å². The Kier molecular flexibility index (Phi) is 7.44. The zero-order chi connectivity index (χ0) is 19.9. The van der Waals surface area contributed by atoms with Gasteiger partial charge in [0, 0.05) is 31.6 Å². The number of methoxy groups -OCH3 is 3. The van der Waals surface area contributed by atoms with Crippen molar-refractivity contribution in [1.29, 1.82) is 0 Å². The lowest BCUT2D eigenvalue weighted by atomic mass is 9.79. The summed E-state index contributed by atoms with van der Waals surface area (Å²) in [6, 6.07) is 3.19. The molecule has 0 bridgehead atoms. The van der Waals surface area contributed by atoms with Gasteiger partial charge in [-0.1, -0.05) is 0 Å². The standard InChI is InChI=1S/C19H29N3O5/c1-13(23)22-15-9-14(10-16(26-3)17(15)27-4)18(24)21-11-19(12-25-2)5-7-20-8-6-19/h9-10,20H,5-8,11-12H2,1-4H3,(H,21,24)(H,22,23). The zero-order valence-corrected chi connectivity index (χ0v) is 16.4. The van der Waals surface area contributed by atoms with Gasteiger partial charge in [0.2, 0.25) is 5.91 Å². The van der Waals surface area contributed by atoms with E-state index in [4.69, 9.17) is 14.2 Å². The fraction of sp³-hybridized carbons (Fsp3) is 0.579. The highest BCUT2D eigenvalue weighted by Crippen LogP contribution is 2.37. The molecule has 2 amide bonds. The number of anilines is 1. The Morgan fingerprint density at radius 1 is 1.15 bits per heavy atom. The molecule has 1 aliphatic rings. The van der Waals surface area contributed by atoms with E-state index in [0.29, 0.717) is 35.9 Å². The minimum Gasteiger partial charge on any atom is -0.493 e. The third-order valence-corrected chi connectivity index (χ3v) is 4.79. The first-order valence-electron chi connectivity index (χ1n) is 8.96. The molecule has 0 radical (unpaired) electrons. The van der Waals surface area contributed by atoms with Crippen molar-refractivity contribution in [3.63, 3.8) is 0 Å². The third kappa shape index (κ3) is 5.33. The van der Waals surface area contributed by atoms with Gasteiger partial charge in [-0.25, -0.2) is 0 Å². The van der Waals surface area contributed by atoms with Crippen molar-refractivity contribution in [2.24, 2.45) is 5.41 Å². The smallest absolute Gasteiger partial charge is 0.251 e. The number of piperidine rings is 1. The average Bonchev–Trinajstić information content (AvgIpc) is 2.66. The molecule has 2 rings (SSSR count). The molecule has 1 aromatic carbocycles. The predicted octanol–water partition coefficient (Wildman–Crippen LogP) is 1.41. The van der Waals surface area contributed by atoms with Crippen molar-refractivity contribution in [2.45, 2.75) is 19.8 Å². The molecule has 0 aromatic heterocycles. The number of hydrogen-bond donors (Lipinski definition) is 3.